The Labute approximate surface area is 85.3 Å². The molecule has 0 aliphatic heterocycles. The van der Waals surface area contributed by atoms with Gasteiger partial charge in [0.15, 0.2) is 0 Å². The summed E-state index contributed by atoms with van der Waals surface area (Å²) in [5.41, 5.74) is 1.18. The lowest BCUT2D eigenvalue weighted by Gasteiger charge is -2.06. The number of aromatic carboxylic acids is 1. The number of benzene rings is 2. The Morgan fingerprint density at radius 3 is 2.73 bits per heavy atom. The van der Waals surface area contributed by atoms with Crippen LogP contribution in [0.2, 0.25) is 0 Å². The average molecular weight is 197 g/mol. The second-order valence-corrected chi connectivity index (χ2v) is 3.50. The number of carboxylic acids is 1. The van der Waals surface area contributed by atoms with Crippen LogP contribution in [0.3, 0.4) is 0 Å². The van der Waals surface area contributed by atoms with Crippen molar-refractivity contribution in [3.8, 4) is 0 Å². The Kier molecular flexibility index (Phi) is 1.45. The van der Waals surface area contributed by atoms with Crippen LogP contribution in [-0.2, 0) is 0 Å². The average Bonchev–Trinajstić information content (AvgIpc) is 2.27. The smallest absolute Gasteiger partial charge is 0.336 e. The molecular formula is C12H7NO2. The van der Waals surface area contributed by atoms with E-state index >= 15 is 0 Å². The van der Waals surface area contributed by atoms with Crippen molar-refractivity contribution in [2.45, 2.75) is 0 Å². The van der Waals surface area contributed by atoms with Gasteiger partial charge in [0, 0.05) is 11.6 Å². The summed E-state index contributed by atoms with van der Waals surface area (Å²) in [5.74, 6) is -0.911. The Morgan fingerprint density at radius 2 is 1.93 bits per heavy atom. The van der Waals surface area contributed by atoms with Crippen molar-refractivity contribution >= 4 is 27.6 Å². The van der Waals surface area contributed by atoms with Gasteiger partial charge in [-0.1, -0.05) is 12.1 Å². The molecule has 0 spiro atoms. The van der Waals surface area contributed by atoms with Crippen LogP contribution in [0.4, 0.5) is 0 Å². The summed E-state index contributed by atoms with van der Waals surface area (Å²) in [6, 6.07) is 9.23. The molecule has 3 nitrogen and oxygen atoms in total. The zero-order chi connectivity index (χ0) is 10.4. The van der Waals surface area contributed by atoms with Gasteiger partial charge in [-0.15, -0.1) is 0 Å². The minimum atomic E-state index is -0.911. The van der Waals surface area contributed by atoms with Gasteiger partial charge in [0.05, 0.1) is 11.1 Å². The minimum Gasteiger partial charge on any atom is -0.478 e. The summed E-state index contributed by atoms with van der Waals surface area (Å²) >= 11 is 0. The molecule has 3 heteroatoms. The molecule has 0 saturated heterocycles. The number of pyridine rings is 1. The fraction of sp³-hybridized carbons (Fsp3) is 0. The topological polar surface area (TPSA) is 50.2 Å². The molecule has 0 atom stereocenters. The summed E-state index contributed by atoms with van der Waals surface area (Å²) in [6.45, 7) is 0. The van der Waals surface area contributed by atoms with E-state index in [0.29, 0.717) is 10.9 Å². The number of hydrogen-bond acceptors (Lipinski definition) is 2. The first-order valence-electron chi connectivity index (χ1n) is 4.60. The molecule has 0 aliphatic carbocycles. The Bertz CT molecular complexity index is 660. The van der Waals surface area contributed by atoms with E-state index < -0.39 is 5.97 Å². The molecule has 2 aromatic carbocycles. The van der Waals surface area contributed by atoms with Crippen LogP contribution in [0, 0.1) is 0 Å². The summed E-state index contributed by atoms with van der Waals surface area (Å²) in [7, 11) is 0. The predicted octanol–water partition coefficient (Wildman–Crippen LogP) is 2.52. The number of rotatable bonds is 1. The van der Waals surface area contributed by atoms with Crippen LogP contribution in [0.1, 0.15) is 10.4 Å². The van der Waals surface area contributed by atoms with Crippen molar-refractivity contribution in [3.63, 3.8) is 0 Å². The third-order valence-corrected chi connectivity index (χ3v) is 2.62. The first kappa shape index (κ1) is 8.17. The van der Waals surface area contributed by atoms with E-state index in [9.17, 15) is 4.79 Å². The molecule has 1 aromatic heterocycles. The third kappa shape index (κ3) is 1.06. The molecule has 0 saturated carbocycles. The molecule has 0 radical (unpaired) electrons. The normalized spacial score (nSPS) is 11.2. The number of carboxylic acid groups (broad SMARTS) is 1. The number of hydrogen-bond donors (Lipinski definition) is 1. The maximum Gasteiger partial charge on any atom is 0.336 e. The molecule has 15 heavy (non-hydrogen) atoms. The van der Waals surface area contributed by atoms with Crippen molar-refractivity contribution in [2.75, 3.05) is 0 Å². The summed E-state index contributed by atoms with van der Waals surface area (Å²) < 4.78 is 0. The summed E-state index contributed by atoms with van der Waals surface area (Å²) in [6.07, 6.45) is 1.63. The zero-order valence-corrected chi connectivity index (χ0v) is 7.77. The molecule has 0 fully saturated rings. The predicted molar refractivity (Wildman–Crippen MR) is 57.4 cm³/mol. The zero-order valence-electron chi connectivity index (χ0n) is 7.77. The van der Waals surface area contributed by atoms with Crippen LogP contribution < -0.4 is 0 Å². The van der Waals surface area contributed by atoms with Gasteiger partial charge >= 0.3 is 5.97 Å². The van der Waals surface area contributed by atoms with Crippen molar-refractivity contribution in [2.24, 2.45) is 0 Å². The molecule has 72 valence electrons. The van der Waals surface area contributed by atoms with Crippen LogP contribution in [0.25, 0.3) is 21.7 Å². The molecule has 2 bridgehead atoms. The Balaban J connectivity index is 2.56. The third-order valence-electron chi connectivity index (χ3n) is 2.62. The van der Waals surface area contributed by atoms with E-state index in [1.165, 1.54) is 0 Å². The van der Waals surface area contributed by atoms with E-state index in [4.69, 9.17) is 5.11 Å². The maximum absolute atomic E-state index is 11.0. The summed E-state index contributed by atoms with van der Waals surface area (Å²) in [5, 5.41) is 11.7. The highest BCUT2D eigenvalue weighted by molar-refractivity contribution is 6.10. The monoisotopic (exact) mass is 197 g/mol. The second-order valence-electron chi connectivity index (χ2n) is 3.50. The highest BCUT2D eigenvalue weighted by Crippen LogP contribution is 2.26. The second kappa shape index (κ2) is 2.67. The molecule has 0 unspecified atom stereocenters. The van der Waals surface area contributed by atoms with E-state index in [2.05, 4.69) is 4.98 Å². The van der Waals surface area contributed by atoms with Gasteiger partial charge in [0.1, 0.15) is 0 Å². The lowest BCUT2D eigenvalue weighted by atomic mass is 10.0. The molecule has 0 aliphatic rings. The van der Waals surface area contributed by atoms with Crippen molar-refractivity contribution < 1.29 is 9.90 Å². The molecule has 3 aromatic rings. The fourth-order valence-electron chi connectivity index (χ4n) is 1.88. The first-order valence-corrected chi connectivity index (χ1v) is 4.60. The van der Waals surface area contributed by atoms with Gasteiger partial charge in [0.2, 0.25) is 0 Å². The molecule has 1 heterocycles. The molecule has 3 rings (SSSR count). The van der Waals surface area contributed by atoms with Gasteiger partial charge in [0.25, 0.3) is 0 Å². The van der Waals surface area contributed by atoms with Crippen molar-refractivity contribution in [1.82, 2.24) is 4.98 Å². The van der Waals surface area contributed by atoms with Gasteiger partial charge in [-0.3, -0.25) is 4.98 Å². The van der Waals surface area contributed by atoms with E-state index in [1.807, 2.05) is 24.3 Å². The van der Waals surface area contributed by atoms with Crippen molar-refractivity contribution in [1.29, 1.82) is 0 Å². The van der Waals surface area contributed by atoms with Crippen molar-refractivity contribution in [3.05, 3.63) is 42.1 Å². The lowest BCUT2D eigenvalue weighted by molar-refractivity contribution is 0.0699. The van der Waals surface area contributed by atoms with Crippen LogP contribution in [-0.4, -0.2) is 16.1 Å². The van der Waals surface area contributed by atoms with E-state index in [1.54, 1.807) is 12.3 Å². The molecular weight excluding hydrogens is 190 g/mol. The number of aromatic nitrogens is 1. The number of fused-ring (bicyclic) bond motifs is 1. The fourth-order valence-corrected chi connectivity index (χ4v) is 1.88. The van der Waals surface area contributed by atoms with Crippen LogP contribution >= 0.6 is 0 Å². The van der Waals surface area contributed by atoms with Gasteiger partial charge in [-0.25, -0.2) is 4.79 Å². The minimum absolute atomic E-state index is 0.308. The SMILES string of the molecule is O=C(O)c1ccc2ccc3cc2c1cn3. The van der Waals surface area contributed by atoms with E-state index in [-0.39, 0.29) is 0 Å². The van der Waals surface area contributed by atoms with Gasteiger partial charge in [-0.2, -0.15) is 0 Å². The first-order chi connectivity index (χ1) is 7.25. The van der Waals surface area contributed by atoms with Gasteiger partial charge in [-0.05, 0) is 29.0 Å². The lowest BCUT2D eigenvalue weighted by Crippen LogP contribution is -1.98. The number of nitrogens with zero attached hydrogens (tertiary/aromatic N) is 1. The highest BCUT2D eigenvalue weighted by atomic mass is 16.4. The molecule has 0 amide bonds. The number of carbonyl (C=O) groups is 1. The van der Waals surface area contributed by atoms with Gasteiger partial charge < -0.3 is 5.11 Å². The highest BCUT2D eigenvalue weighted by Gasteiger charge is 2.10. The molecule has 1 N–H and O–H groups in total. The summed E-state index contributed by atoms with van der Waals surface area (Å²) in [4.78, 5) is 15.1. The van der Waals surface area contributed by atoms with Crippen LogP contribution in [0.15, 0.2) is 36.5 Å². The van der Waals surface area contributed by atoms with Crippen LogP contribution in [0.5, 0.6) is 0 Å². The Hall–Kier alpha value is -2.16. The quantitative estimate of drug-likeness (QED) is 0.652. The largest absolute Gasteiger partial charge is 0.478 e. The van der Waals surface area contributed by atoms with E-state index in [0.717, 1.165) is 16.3 Å². The Morgan fingerprint density at radius 1 is 1.13 bits per heavy atom. The maximum atomic E-state index is 11.0. The standard InChI is InChI=1S/C12H7NO2/c14-12(15)9-4-2-7-1-3-8-5-10(7)11(9)6-13-8/h1-6H,(H,14,15).